The Morgan fingerprint density at radius 1 is 1.19 bits per heavy atom. The number of imidazole rings is 1. The van der Waals surface area contributed by atoms with E-state index in [-0.39, 0.29) is 6.04 Å². The van der Waals surface area contributed by atoms with E-state index in [9.17, 15) is 0 Å². The van der Waals surface area contributed by atoms with Gasteiger partial charge in [0, 0.05) is 16.9 Å². The number of ether oxygens (including phenoxy) is 2. The molecule has 2 heterocycles. The van der Waals surface area contributed by atoms with Gasteiger partial charge in [0.15, 0.2) is 5.82 Å². The van der Waals surface area contributed by atoms with Gasteiger partial charge in [0.05, 0.1) is 43.2 Å². The minimum atomic E-state index is 0.0295. The summed E-state index contributed by atoms with van der Waals surface area (Å²) < 4.78 is 13.6. The Balaban J connectivity index is 1.63. The topological polar surface area (TPSA) is 124 Å². The van der Waals surface area contributed by atoms with Gasteiger partial charge in [-0.05, 0) is 42.6 Å². The van der Waals surface area contributed by atoms with Gasteiger partial charge in [-0.3, -0.25) is 0 Å². The van der Waals surface area contributed by atoms with Crippen molar-refractivity contribution in [3.8, 4) is 5.75 Å². The Morgan fingerprint density at radius 2 is 2.00 bits per heavy atom. The van der Waals surface area contributed by atoms with Gasteiger partial charge in [-0.25, -0.2) is 9.97 Å². The number of fused-ring (bicyclic) bond motifs is 3. The first-order chi connectivity index (χ1) is 15.7. The summed E-state index contributed by atoms with van der Waals surface area (Å²) in [4.78, 5) is 11.8. The van der Waals surface area contributed by atoms with E-state index in [4.69, 9.17) is 20.7 Å². The lowest BCUT2D eigenvalue weighted by Gasteiger charge is -2.20. The number of nitrogen functional groups attached to an aromatic ring is 1. The molecule has 9 heteroatoms. The fraction of sp³-hybridized carbons (Fsp3) is 0.304. The van der Waals surface area contributed by atoms with Crippen molar-refractivity contribution < 1.29 is 9.47 Å². The molecule has 32 heavy (non-hydrogen) atoms. The lowest BCUT2D eigenvalue weighted by atomic mass is 10.1. The standard InChI is InChI=1S/C23H25N7O2/c1-2-31-14-17(13-16-7-9-18(10-8-16)32-12-11-27-29-25)30-15-26-21-22(30)19-5-3-4-6-20(19)28-23(21)24/h3-10,15,17H,2,11-14H2,1H3,(H2,24,28). The van der Waals surface area contributed by atoms with Crippen molar-refractivity contribution in [3.05, 3.63) is 70.9 Å². The average Bonchev–Trinajstić information content (AvgIpc) is 3.27. The average molecular weight is 432 g/mol. The van der Waals surface area contributed by atoms with Gasteiger partial charge in [0.25, 0.3) is 0 Å². The van der Waals surface area contributed by atoms with Crippen molar-refractivity contribution in [3.63, 3.8) is 0 Å². The summed E-state index contributed by atoms with van der Waals surface area (Å²) in [7, 11) is 0. The minimum Gasteiger partial charge on any atom is -0.493 e. The van der Waals surface area contributed by atoms with Gasteiger partial charge in [0.1, 0.15) is 11.3 Å². The molecule has 0 fully saturated rings. The highest BCUT2D eigenvalue weighted by Gasteiger charge is 2.19. The molecule has 9 nitrogen and oxygen atoms in total. The molecule has 0 radical (unpaired) electrons. The van der Waals surface area contributed by atoms with Crippen LogP contribution in [0.3, 0.4) is 0 Å². The molecule has 4 rings (SSSR count). The van der Waals surface area contributed by atoms with E-state index in [1.807, 2.05) is 61.8 Å². The third-order valence-electron chi connectivity index (χ3n) is 5.26. The van der Waals surface area contributed by atoms with E-state index in [0.29, 0.717) is 37.7 Å². The SMILES string of the molecule is CCOCC(Cc1ccc(OCCN=[N+]=[N-])cc1)n1cnc2c(N)nc3ccccc3c21. The number of pyridine rings is 1. The largest absolute Gasteiger partial charge is 0.493 e. The monoisotopic (exact) mass is 431 g/mol. The number of rotatable bonds is 10. The van der Waals surface area contributed by atoms with Crippen molar-refractivity contribution in [2.75, 3.05) is 32.1 Å². The normalized spacial score (nSPS) is 12.0. The predicted molar refractivity (Wildman–Crippen MR) is 125 cm³/mol. The number of azide groups is 1. The van der Waals surface area contributed by atoms with Crippen LogP contribution in [0.4, 0.5) is 5.82 Å². The minimum absolute atomic E-state index is 0.0295. The molecular formula is C23H25N7O2. The Kier molecular flexibility index (Phi) is 6.69. The summed E-state index contributed by atoms with van der Waals surface area (Å²) in [6.07, 6.45) is 2.58. The van der Waals surface area contributed by atoms with Gasteiger partial charge >= 0.3 is 0 Å². The molecule has 0 bridgehead atoms. The third kappa shape index (κ3) is 4.59. The first kappa shape index (κ1) is 21.4. The highest BCUT2D eigenvalue weighted by Crippen LogP contribution is 2.30. The zero-order valence-electron chi connectivity index (χ0n) is 17.9. The van der Waals surface area contributed by atoms with Crippen LogP contribution in [0.25, 0.3) is 32.4 Å². The second-order valence-electron chi connectivity index (χ2n) is 7.33. The second kappa shape index (κ2) is 10.00. The van der Waals surface area contributed by atoms with Crippen LogP contribution in [-0.4, -0.2) is 40.9 Å². The van der Waals surface area contributed by atoms with Crippen LogP contribution in [-0.2, 0) is 11.2 Å². The van der Waals surface area contributed by atoms with E-state index in [0.717, 1.165) is 34.2 Å². The van der Waals surface area contributed by atoms with Crippen molar-refractivity contribution in [2.24, 2.45) is 5.11 Å². The van der Waals surface area contributed by atoms with Crippen molar-refractivity contribution in [1.29, 1.82) is 0 Å². The highest BCUT2D eigenvalue weighted by molar-refractivity contribution is 6.06. The fourth-order valence-corrected chi connectivity index (χ4v) is 3.78. The summed E-state index contributed by atoms with van der Waals surface area (Å²) in [5.74, 6) is 1.16. The molecule has 0 aliphatic carbocycles. The van der Waals surface area contributed by atoms with Crippen LogP contribution in [0.5, 0.6) is 5.75 Å². The van der Waals surface area contributed by atoms with E-state index in [1.54, 1.807) is 0 Å². The molecule has 164 valence electrons. The van der Waals surface area contributed by atoms with Crippen LogP contribution in [0.15, 0.2) is 60.0 Å². The van der Waals surface area contributed by atoms with Crippen LogP contribution < -0.4 is 10.5 Å². The Bertz CT molecular complexity index is 1250. The maximum Gasteiger partial charge on any atom is 0.152 e. The lowest BCUT2D eigenvalue weighted by molar-refractivity contribution is 0.114. The smallest absolute Gasteiger partial charge is 0.152 e. The molecule has 1 atom stereocenters. The maximum atomic E-state index is 8.34. The molecule has 0 saturated carbocycles. The summed E-state index contributed by atoms with van der Waals surface area (Å²) in [6, 6.07) is 15.9. The molecule has 4 aromatic rings. The number of hydrogen-bond donors (Lipinski definition) is 1. The van der Waals surface area contributed by atoms with Gasteiger partial charge in [-0.2, -0.15) is 0 Å². The molecule has 0 spiro atoms. The van der Waals surface area contributed by atoms with Crippen molar-refractivity contribution >= 4 is 27.8 Å². The molecule has 2 aromatic heterocycles. The molecule has 2 aromatic carbocycles. The quantitative estimate of drug-likeness (QED) is 0.169. The van der Waals surface area contributed by atoms with Gasteiger partial charge < -0.3 is 19.8 Å². The number of nitrogens with two attached hydrogens (primary N) is 1. The van der Waals surface area contributed by atoms with Gasteiger partial charge in [-0.15, -0.1) is 0 Å². The first-order valence-electron chi connectivity index (χ1n) is 10.5. The molecular weight excluding hydrogens is 406 g/mol. The summed E-state index contributed by atoms with van der Waals surface area (Å²) in [5, 5.41) is 4.49. The zero-order chi connectivity index (χ0) is 22.3. The number of benzene rings is 2. The number of para-hydroxylation sites is 1. The molecule has 0 amide bonds. The molecule has 2 N–H and O–H groups in total. The zero-order valence-corrected chi connectivity index (χ0v) is 17.9. The number of aromatic nitrogens is 3. The number of hydrogen-bond acceptors (Lipinski definition) is 6. The second-order valence-corrected chi connectivity index (χ2v) is 7.33. The maximum absolute atomic E-state index is 8.34. The Hall–Kier alpha value is -3.81. The number of nitrogens with zero attached hydrogens (tertiary/aromatic N) is 6. The summed E-state index contributed by atoms with van der Waals surface area (Å²) in [5.41, 5.74) is 18.2. The van der Waals surface area contributed by atoms with E-state index in [2.05, 4.69) is 24.6 Å². The van der Waals surface area contributed by atoms with E-state index in [1.165, 1.54) is 0 Å². The molecule has 1 unspecified atom stereocenters. The molecule has 0 aliphatic heterocycles. The van der Waals surface area contributed by atoms with Crippen LogP contribution in [0.1, 0.15) is 18.5 Å². The fourth-order valence-electron chi connectivity index (χ4n) is 3.78. The molecule has 0 aliphatic rings. The van der Waals surface area contributed by atoms with E-state index >= 15 is 0 Å². The van der Waals surface area contributed by atoms with Gasteiger partial charge in [0.2, 0.25) is 0 Å². The van der Waals surface area contributed by atoms with Crippen molar-refractivity contribution in [1.82, 2.24) is 14.5 Å². The lowest BCUT2D eigenvalue weighted by Crippen LogP contribution is -2.18. The molecule has 0 saturated heterocycles. The Labute approximate surface area is 185 Å². The van der Waals surface area contributed by atoms with E-state index < -0.39 is 0 Å². The van der Waals surface area contributed by atoms with Gasteiger partial charge in [-0.1, -0.05) is 35.4 Å². The Morgan fingerprint density at radius 3 is 2.78 bits per heavy atom. The van der Waals surface area contributed by atoms with Crippen LogP contribution in [0, 0.1) is 0 Å². The van der Waals surface area contributed by atoms with Crippen LogP contribution >= 0.6 is 0 Å². The third-order valence-corrected chi connectivity index (χ3v) is 5.26. The highest BCUT2D eigenvalue weighted by atomic mass is 16.5. The first-order valence-corrected chi connectivity index (χ1v) is 10.5. The predicted octanol–water partition coefficient (Wildman–Crippen LogP) is 4.68. The van der Waals surface area contributed by atoms with Crippen molar-refractivity contribution in [2.45, 2.75) is 19.4 Å². The number of anilines is 1. The summed E-state index contributed by atoms with van der Waals surface area (Å²) in [6.45, 7) is 3.81. The summed E-state index contributed by atoms with van der Waals surface area (Å²) >= 11 is 0. The van der Waals surface area contributed by atoms with Crippen LogP contribution in [0.2, 0.25) is 0 Å².